The molecule has 0 radical (unpaired) electrons. The van der Waals surface area contributed by atoms with Crippen molar-refractivity contribution in [1.29, 1.82) is 0 Å². The van der Waals surface area contributed by atoms with Crippen molar-refractivity contribution in [2.24, 2.45) is 0 Å². The van der Waals surface area contributed by atoms with E-state index in [2.05, 4.69) is 5.32 Å². The number of halogens is 2. The minimum atomic E-state index is -0.394. The molecule has 0 fully saturated rings. The molecule has 0 bridgehead atoms. The van der Waals surface area contributed by atoms with Crippen LogP contribution in [0.15, 0.2) is 18.2 Å². The maximum absolute atomic E-state index is 12.8. The molecule has 4 heteroatoms. The minimum absolute atomic E-state index is 0.154. The van der Waals surface area contributed by atoms with Crippen LogP contribution in [0.4, 0.5) is 4.39 Å². The summed E-state index contributed by atoms with van der Waals surface area (Å²) in [5.41, 5.74) is 0.988. The van der Waals surface area contributed by atoms with Crippen LogP contribution in [0.1, 0.15) is 18.9 Å². The first-order valence-electron chi connectivity index (χ1n) is 5.23. The van der Waals surface area contributed by atoms with Gasteiger partial charge in [0.05, 0.1) is 5.02 Å². The maximum Gasteiger partial charge on any atom is 0.141 e. The Morgan fingerprint density at radius 1 is 1.44 bits per heavy atom. The standard InChI is InChI=1S/C12H15ClFNO/c1-9(16)4-6-15-7-5-10-2-3-12(14)11(13)8-10/h2-3,8,15H,4-7H2,1H3. The highest BCUT2D eigenvalue weighted by molar-refractivity contribution is 6.30. The highest BCUT2D eigenvalue weighted by atomic mass is 35.5. The molecule has 2 nitrogen and oxygen atoms in total. The van der Waals surface area contributed by atoms with Gasteiger partial charge in [-0.25, -0.2) is 4.39 Å². The largest absolute Gasteiger partial charge is 0.316 e. The third-order valence-corrected chi connectivity index (χ3v) is 2.52. The Morgan fingerprint density at radius 2 is 2.19 bits per heavy atom. The van der Waals surface area contributed by atoms with Crippen molar-refractivity contribution in [3.8, 4) is 0 Å². The molecule has 0 saturated heterocycles. The first-order valence-corrected chi connectivity index (χ1v) is 5.61. The van der Waals surface area contributed by atoms with Crippen molar-refractivity contribution in [2.75, 3.05) is 13.1 Å². The molecule has 16 heavy (non-hydrogen) atoms. The van der Waals surface area contributed by atoms with Crippen molar-refractivity contribution in [2.45, 2.75) is 19.8 Å². The average Bonchev–Trinajstić information content (AvgIpc) is 2.22. The smallest absolute Gasteiger partial charge is 0.141 e. The molecule has 1 aromatic carbocycles. The van der Waals surface area contributed by atoms with Gasteiger partial charge in [0.25, 0.3) is 0 Å². The Labute approximate surface area is 99.8 Å². The summed E-state index contributed by atoms with van der Waals surface area (Å²) in [7, 11) is 0. The molecule has 0 amide bonds. The SMILES string of the molecule is CC(=O)CCNCCc1ccc(F)c(Cl)c1. The van der Waals surface area contributed by atoms with E-state index in [0.29, 0.717) is 13.0 Å². The number of Topliss-reactive ketones (excluding diaryl/α,β-unsaturated/α-hetero) is 1. The van der Waals surface area contributed by atoms with Crippen molar-refractivity contribution in [1.82, 2.24) is 5.32 Å². The predicted octanol–water partition coefficient (Wildman–Crippen LogP) is 2.59. The van der Waals surface area contributed by atoms with E-state index in [4.69, 9.17) is 11.6 Å². The van der Waals surface area contributed by atoms with Crippen LogP contribution >= 0.6 is 11.6 Å². The molecule has 1 rings (SSSR count). The van der Waals surface area contributed by atoms with E-state index in [-0.39, 0.29) is 10.8 Å². The molecule has 0 unspecified atom stereocenters. The van der Waals surface area contributed by atoms with Crippen LogP contribution in [-0.2, 0) is 11.2 Å². The molecule has 0 aliphatic rings. The van der Waals surface area contributed by atoms with Crippen molar-refractivity contribution >= 4 is 17.4 Å². The van der Waals surface area contributed by atoms with Gasteiger partial charge in [-0.05, 0) is 37.6 Å². The Hall–Kier alpha value is -0.930. The Kier molecular flexibility index (Phi) is 5.43. The monoisotopic (exact) mass is 243 g/mol. The summed E-state index contributed by atoms with van der Waals surface area (Å²) in [5.74, 6) is -0.215. The molecule has 0 saturated carbocycles. The van der Waals surface area contributed by atoms with Crippen LogP contribution in [0, 0.1) is 5.82 Å². The third-order valence-electron chi connectivity index (χ3n) is 2.23. The van der Waals surface area contributed by atoms with Crippen molar-refractivity contribution in [3.05, 3.63) is 34.6 Å². The molecular formula is C12H15ClFNO. The summed E-state index contributed by atoms with van der Waals surface area (Å²) in [6.07, 6.45) is 1.32. The number of nitrogens with one attached hydrogen (secondary N) is 1. The van der Waals surface area contributed by atoms with Crippen LogP contribution in [0.5, 0.6) is 0 Å². The van der Waals surface area contributed by atoms with Gasteiger partial charge in [0.1, 0.15) is 11.6 Å². The van der Waals surface area contributed by atoms with Gasteiger partial charge >= 0.3 is 0 Å². The number of carbonyl (C=O) groups excluding carboxylic acids is 1. The summed E-state index contributed by atoms with van der Waals surface area (Å²) in [4.78, 5) is 10.7. The van der Waals surface area contributed by atoms with E-state index in [1.807, 2.05) is 0 Å². The van der Waals surface area contributed by atoms with E-state index in [1.54, 1.807) is 19.1 Å². The van der Waals surface area contributed by atoms with Crippen LogP contribution < -0.4 is 5.32 Å². The lowest BCUT2D eigenvalue weighted by molar-refractivity contribution is -0.116. The molecule has 0 aromatic heterocycles. The van der Waals surface area contributed by atoms with Crippen molar-refractivity contribution < 1.29 is 9.18 Å². The van der Waals surface area contributed by atoms with Gasteiger partial charge in [0, 0.05) is 13.0 Å². The fourth-order valence-electron chi connectivity index (χ4n) is 1.32. The van der Waals surface area contributed by atoms with Gasteiger partial charge < -0.3 is 5.32 Å². The zero-order valence-corrected chi connectivity index (χ0v) is 9.98. The van der Waals surface area contributed by atoms with E-state index in [0.717, 1.165) is 18.5 Å². The van der Waals surface area contributed by atoms with E-state index >= 15 is 0 Å². The number of benzene rings is 1. The van der Waals surface area contributed by atoms with Crippen LogP contribution in [0.25, 0.3) is 0 Å². The molecular weight excluding hydrogens is 229 g/mol. The molecule has 1 aromatic rings. The zero-order valence-electron chi connectivity index (χ0n) is 9.22. The van der Waals surface area contributed by atoms with E-state index < -0.39 is 5.82 Å². The fraction of sp³-hybridized carbons (Fsp3) is 0.417. The first kappa shape index (κ1) is 13.1. The lowest BCUT2D eigenvalue weighted by atomic mass is 10.1. The Morgan fingerprint density at radius 3 is 2.81 bits per heavy atom. The van der Waals surface area contributed by atoms with Crippen LogP contribution in [0.3, 0.4) is 0 Å². The molecule has 0 spiro atoms. The van der Waals surface area contributed by atoms with Gasteiger partial charge in [-0.1, -0.05) is 17.7 Å². The van der Waals surface area contributed by atoms with Gasteiger partial charge in [-0.15, -0.1) is 0 Å². The minimum Gasteiger partial charge on any atom is -0.316 e. The fourth-order valence-corrected chi connectivity index (χ4v) is 1.52. The number of carbonyl (C=O) groups is 1. The first-order chi connectivity index (χ1) is 7.59. The second-order valence-corrected chi connectivity index (χ2v) is 4.11. The van der Waals surface area contributed by atoms with E-state index in [1.165, 1.54) is 6.07 Å². The number of rotatable bonds is 6. The molecule has 0 aliphatic carbocycles. The summed E-state index contributed by atoms with van der Waals surface area (Å²) in [5, 5.41) is 3.30. The summed E-state index contributed by atoms with van der Waals surface area (Å²) >= 11 is 5.66. The number of ketones is 1. The van der Waals surface area contributed by atoms with Crippen molar-refractivity contribution in [3.63, 3.8) is 0 Å². The van der Waals surface area contributed by atoms with Gasteiger partial charge in [0.2, 0.25) is 0 Å². The maximum atomic E-state index is 12.8. The number of hydrogen-bond donors (Lipinski definition) is 1. The highest BCUT2D eigenvalue weighted by Crippen LogP contribution is 2.15. The zero-order chi connectivity index (χ0) is 12.0. The number of hydrogen-bond acceptors (Lipinski definition) is 2. The normalized spacial score (nSPS) is 10.4. The van der Waals surface area contributed by atoms with Gasteiger partial charge in [0.15, 0.2) is 0 Å². The summed E-state index contributed by atoms with van der Waals surface area (Å²) < 4.78 is 12.8. The molecule has 0 heterocycles. The van der Waals surface area contributed by atoms with Gasteiger partial charge in [-0.2, -0.15) is 0 Å². The van der Waals surface area contributed by atoms with Crippen LogP contribution in [-0.4, -0.2) is 18.9 Å². The topological polar surface area (TPSA) is 29.1 Å². The summed E-state index contributed by atoms with van der Waals surface area (Å²) in [6, 6.07) is 4.71. The van der Waals surface area contributed by atoms with Gasteiger partial charge in [-0.3, -0.25) is 4.79 Å². The summed E-state index contributed by atoms with van der Waals surface area (Å²) in [6.45, 7) is 3.01. The molecule has 1 N–H and O–H groups in total. The average molecular weight is 244 g/mol. The lowest BCUT2D eigenvalue weighted by Crippen LogP contribution is -2.20. The predicted molar refractivity (Wildman–Crippen MR) is 63.3 cm³/mol. The molecule has 0 aliphatic heterocycles. The Bertz CT molecular complexity index is 368. The quantitative estimate of drug-likeness (QED) is 0.779. The third kappa shape index (κ3) is 4.73. The molecule has 0 atom stereocenters. The Balaban J connectivity index is 2.27. The second kappa shape index (κ2) is 6.61. The van der Waals surface area contributed by atoms with Crippen LogP contribution in [0.2, 0.25) is 5.02 Å². The highest BCUT2D eigenvalue weighted by Gasteiger charge is 2.00. The molecule has 88 valence electrons. The second-order valence-electron chi connectivity index (χ2n) is 3.70. The van der Waals surface area contributed by atoms with E-state index in [9.17, 15) is 9.18 Å². The lowest BCUT2D eigenvalue weighted by Gasteiger charge is -2.04.